The predicted molar refractivity (Wildman–Crippen MR) is 72.5 cm³/mol. The molecule has 0 aliphatic heterocycles. The lowest BCUT2D eigenvalue weighted by Crippen LogP contribution is -2.27. The second-order valence-electron chi connectivity index (χ2n) is 3.97. The van der Waals surface area contributed by atoms with Crippen molar-refractivity contribution < 1.29 is 4.79 Å². The molecule has 5 heteroatoms. The first-order valence-corrected chi connectivity index (χ1v) is 5.62. The van der Waals surface area contributed by atoms with Crippen molar-refractivity contribution in [1.82, 2.24) is 4.98 Å². The lowest BCUT2D eigenvalue weighted by atomic mass is 10.1. The largest absolute Gasteiger partial charge is 0.399 e. The van der Waals surface area contributed by atoms with E-state index in [-0.39, 0.29) is 11.6 Å². The van der Waals surface area contributed by atoms with Gasteiger partial charge in [-0.3, -0.25) is 9.78 Å². The number of carbonyl (C=O) groups is 1. The highest BCUT2D eigenvalue weighted by molar-refractivity contribution is 6.05. The minimum Gasteiger partial charge on any atom is -0.399 e. The minimum absolute atomic E-state index is 0.246. The van der Waals surface area contributed by atoms with E-state index in [9.17, 15) is 4.79 Å². The van der Waals surface area contributed by atoms with Crippen LogP contribution in [0, 0.1) is 11.3 Å². The van der Waals surface area contributed by atoms with Gasteiger partial charge in [0.05, 0.1) is 11.3 Å². The number of benzene rings is 1. The summed E-state index contributed by atoms with van der Waals surface area (Å²) in [6.07, 6.45) is 1.48. The monoisotopic (exact) mass is 252 g/mol. The van der Waals surface area contributed by atoms with Gasteiger partial charge in [-0.1, -0.05) is 12.1 Å². The highest BCUT2D eigenvalue weighted by Crippen LogP contribution is 2.20. The summed E-state index contributed by atoms with van der Waals surface area (Å²) in [5.74, 6) is -0.310. The summed E-state index contributed by atoms with van der Waals surface area (Å²) in [4.78, 5) is 17.6. The van der Waals surface area contributed by atoms with E-state index in [2.05, 4.69) is 11.1 Å². The summed E-state index contributed by atoms with van der Waals surface area (Å²) in [6.45, 7) is 0. The Balaban J connectivity index is 2.37. The Morgan fingerprint density at radius 2 is 2.11 bits per heavy atom. The maximum atomic E-state index is 12.3. The Kier molecular flexibility index (Phi) is 3.44. The predicted octanol–water partition coefficient (Wildman–Crippen LogP) is 1.81. The molecule has 0 unspecified atom stereocenters. The molecule has 5 nitrogen and oxygen atoms in total. The van der Waals surface area contributed by atoms with Gasteiger partial charge in [-0.15, -0.1) is 0 Å². The van der Waals surface area contributed by atoms with Crippen LogP contribution in [0.4, 0.5) is 11.4 Å². The van der Waals surface area contributed by atoms with Gasteiger partial charge in [0.15, 0.2) is 0 Å². The number of pyridine rings is 1. The fourth-order valence-corrected chi connectivity index (χ4v) is 1.71. The molecule has 1 aromatic carbocycles. The third-order valence-electron chi connectivity index (χ3n) is 2.69. The Hall–Kier alpha value is -2.87. The number of amides is 1. The van der Waals surface area contributed by atoms with Gasteiger partial charge < -0.3 is 10.6 Å². The van der Waals surface area contributed by atoms with Crippen LogP contribution >= 0.6 is 0 Å². The van der Waals surface area contributed by atoms with Crippen LogP contribution < -0.4 is 10.6 Å². The van der Waals surface area contributed by atoms with Crippen molar-refractivity contribution in [1.29, 1.82) is 5.26 Å². The summed E-state index contributed by atoms with van der Waals surface area (Å²) < 4.78 is 0. The maximum absolute atomic E-state index is 12.3. The van der Waals surface area contributed by atoms with Crippen LogP contribution in [0.25, 0.3) is 0 Å². The first kappa shape index (κ1) is 12.6. The molecule has 1 aromatic heterocycles. The zero-order valence-corrected chi connectivity index (χ0v) is 10.4. The highest BCUT2D eigenvalue weighted by Gasteiger charge is 2.17. The van der Waals surface area contributed by atoms with Gasteiger partial charge in [-0.2, -0.15) is 5.26 Å². The number of nitrogen functional groups attached to an aromatic ring is 1. The molecule has 1 heterocycles. The number of hydrogen-bond acceptors (Lipinski definition) is 4. The molecule has 1 amide bonds. The van der Waals surface area contributed by atoms with Gasteiger partial charge in [0.25, 0.3) is 5.91 Å². The average Bonchev–Trinajstić information content (AvgIpc) is 2.45. The number of para-hydroxylation sites is 1. The van der Waals surface area contributed by atoms with Crippen LogP contribution in [0.3, 0.4) is 0 Å². The van der Waals surface area contributed by atoms with Crippen LogP contribution in [-0.4, -0.2) is 17.9 Å². The van der Waals surface area contributed by atoms with Gasteiger partial charge in [0, 0.05) is 18.9 Å². The summed E-state index contributed by atoms with van der Waals surface area (Å²) in [5, 5.41) is 9.04. The van der Waals surface area contributed by atoms with Crippen LogP contribution in [0.2, 0.25) is 0 Å². The topological polar surface area (TPSA) is 83.0 Å². The van der Waals surface area contributed by atoms with E-state index in [1.807, 2.05) is 0 Å². The molecule has 0 atom stereocenters. The van der Waals surface area contributed by atoms with Gasteiger partial charge >= 0.3 is 0 Å². The third-order valence-corrected chi connectivity index (χ3v) is 2.69. The smallest absolute Gasteiger partial charge is 0.276 e. The number of anilines is 2. The minimum atomic E-state index is -0.310. The number of nitrogens with zero attached hydrogens (tertiary/aromatic N) is 3. The molecule has 0 bridgehead atoms. The first-order chi connectivity index (χ1) is 9.13. The Morgan fingerprint density at radius 1 is 1.37 bits per heavy atom. The van der Waals surface area contributed by atoms with Gasteiger partial charge in [-0.25, -0.2) is 0 Å². The zero-order chi connectivity index (χ0) is 13.8. The second-order valence-corrected chi connectivity index (χ2v) is 3.97. The molecule has 0 spiro atoms. The lowest BCUT2D eigenvalue weighted by Gasteiger charge is -2.18. The normalized spacial score (nSPS) is 9.68. The number of nitrogens with two attached hydrogens (primary N) is 1. The first-order valence-electron chi connectivity index (χ1n) is 5.62. The summed E-state index contributed by atoms with van der Waals surface area (Å²) in [6, 6.07) is 12.1. The Bertz CT molecular complexity index is 660. The highest BCUT2D eigenvalue weighted by atomic mass is 16.2. The molecule has 2 rings (SSSR count). The number of hydrogen-bond donors (Lipinski definition) is 1. The van der Waals surface area contributed by atoms with Crippen molar-refractivity contribution in [2.45, 2.75) is 0 Å². The average molecular weight is 252 g/mol. The maximum Gasteiger partial charge on any atom is 0.276 e. The second kappa shape index (κ2) is 5.19. The van der Waals surface area contributed by atoms with Crippen molar-refractivity contribution in [3.05, 3.63) is 53.9 Å². The van der Waals surface area contributed by atoms with Gasteiger partial charge in [-0.05, 0) is 24.3 Å². The van der Waals surface area contributed by atoms with Crippen LogP contribution in [-0.2, 0) is 0 Å². The molecular formula is C14H12N4O. The van der Waals surface area contributed by atoms with Gasteiger partial charge in [0.1, 0.15) is 11.8 Å². The van der Waals surface area contributed by atoms with E-state index in [0.29, 0.717) is 16.9 Å². The molecule has 0 fully saturated rings. The van der Waals surface area contributed by atoms with E-state index in [1.54, 1.807) is 37.4 Å². The Labute approximate surface area is 110 Å². The van der Waals surface area contributed by atoms with E-state index >= 15 is 0 Å². The van der Waals surface area contributed by atoms with Crippen molar-refractivity contribution in [2.24, 2.45) is 0 Å². The van der Waals surface area contributed by atoms with Crippen molar-refractivity contribution in [2.75, 3.05) is 17.7 Å². The Morgan fingerprint density at radius 3 is 2.79 bits per heavy atom. The quantitative estimate of drug-likeness (QED) is 0.883. The summed E-state index contributed by atoms with van der Waals surface area (Å²) >= 11 is 0. The van der Waals surface area contributed by atoms with E-state index < -0.39 is 0 Å². The molecule has 2 aromatic rings. The van der Waals surface area contributed by atoms with Crippen molar-refractivity contribution >= 4 is 17.3 Å². The molecule has 0 saturated carbocycles. The molecule has 94 valence electrons. The molecule has 0 aliphatic carbocycles. The third kappa shape index (κ3) is 2.53. The van der Waals surface area contributed by atoms with E-state index in [4.69, 9.17) is 11.0 Å². The standard InChI is InChI=1S/C14H12N4O/c1-18(13-5-3-2-4-10(13)9-15)14(19)12-8-11(16)6-7-17-12/h2-8H,1H3,(H2,16,17). The zero-order valence-electron chi connectivity index (χ0n) is 10.4. The van der Waals surface area contributed by atoms with E-state index in [1.165, 1.54) is 17.2 Å². The van der Waals surface area contributed by atoms with Crippen LogP contribution in [0.15, 0.2) is 42.6 Å². The number of rotatable bonds is 2. The number of nitriles is 1. The lowest BCUT2D eigenvalue weighted by molar-refractivity contribution is 0.0988. The van der Waals surface area contributed by atoms with Crippen LogP contribution in [0.5, 0.6) is 0 Å². The van der Waals surface area contributed by atoms with Crippen LogP contribution in [0.1, 0.15) is 16.1 Å². The summed E-state index contributed by atoms with van der Waals surface area (Å²) in [7, 11) is 1.60. The fraction of sp³-hybridized carbons (Fsp3) is 0.0714. The van der Waals surface area contributed by atoms with E-state index in [0.717, 1.165) is 0 Å². The molecule has 2 N–H and O–H groups in total. The number of aromatic nitrogens is 1. The molecule has 0 aliphatic rings. The molecular weight excluding hydrogens is 240 g/mol. The fourth-order valence-electron chi connectivity index (χ4n) is 1.71. The molecule has 0 saturated heterocycles. The van der Waals surface area contributed by atoms with Crippen molar-refractivity contribution in [3.63, 3.8) is 0 Å². The molecule has 0 radical (unpaired) electrons. The SMILES string of the molecule is CN(C(=O)c1cc(N)ccn1)c1ccccc1C#N. The summed E-state index contributed by atoms with van der Waals surface area (Å²) in [5.41, 5.74) is 7.32. The van der Waals surface area contributed by atoms with Crippen molar-refractivity contribution in [3.8, 4) is 6.07 Å². The molecule has 19 heavy (non-hydrogen) atoms. The number of carbonyl (C=O) groups excluding carboxylic acids is 1. The van der Waals surface area contributed by atoms with Gasteiger partial charge in [0.2, 0.25) is 0 Å².